The van der Waals surface area contributed by atoms with Gasteiger partial charge in [0.15, 0.2) is 5.82 Å². The van der Waals surface area contributed by atoms with Crippen molar-refractivity contribution in [3.05, 3.63) is 46.6 Å². The summed E-state index contributed by atoms with van der Waals surface area (Å²) in [6, 6.07) is 6.92. The highest BCUT2D eigenvalue weighted by Gasteiger charge is 2.18. The normalized spacial score (nSPS) is 12.8. The van der Waals surface area contributed by atoms with Crippen LogP contribution < -0.4 is 5.73 Å². The highest BCUT2D eigenvalue weighted by atomic mass is 35.5. The molecule has 6 heteroatoms. The van der Waals surface area contributed by atoms with E-state index in [1.165, 1.54) is 0 Å². The van der Waals surface area contributed by atoms with Crippen LogP contribution in [0, 0.1) is 5.92 Å². The van der Waals surface area contributed by atoms with Crippen molar-refractivity contribution in [2.75, 3.05) is 5.75 Å². The predicted octanol–water partition coefficient (Wildman–Crippen LogP) is 3.66. The molecule has 0 radical (unpaired) electrons. The topological polar surface area (TPSA) is 64.9 Å². The Hall–Kier alpha value is -1.04. The second-order valence-electron chi connectivity index (χ2n) is 4.96. The van der Waals surface area contributed by atoms with Crippen LogP contribution in [0.2, 0.25) is 5.02 Å². The molecule has 0 aliphatic heterocycles. The van der Waals surface area contributed by atoms with Crippen molar-refractivity contribution in [1.82, 2.24) is 10.1 Å². The van der Waals surface area contributed by atoms with Gasteiger partial charge in [-0.1, -0.05) is 48.8 Å². The summed E-state index contributed by atoms with van der Waals surface area (Å²) in [7, 11) is 0. The van der Waals surface area contributed by atoms with Gasteiger partial charge in [-0.15, -0.1) is 0 Å². The van der Waals surface area contributed by atoms with Crippen molar-refractivity contribution in [3.8, 4) is 0 Å². The van der Waals surface area contributed by atoms with Gasteiger partial charge in [0.2, 0.25) is 5.89 Å². The lowest BCUT2D eigenvalue weighted by Crippen LogP contribution is -2.12. The van der Waals surface area contributed by atoms with Gasteiger partial charge in [0.05, 0.1) is 5.75 Å². The molecule has 0 spiro atoms. The second-order valence-corrected chi connectivity index (χ2v) is 6.39. The standard InChI is InChI=1S/C14H18ClN3OS/c1-9(2)7-20-8-12-17-14(19-18-12)13(16)10-5-3-4-6-11(10)15/h3-6,9,13H,7-8,16H2,1-2H3/t13-/m1/s1. The van der Waals surface area contributed by atoms with Crippen LogP contribution in [-0.2, 0) is 5.75 Å². The van der Waals surface area contributed by atoms with Crippen LogP contribution in [-0.4, -0.2) is 15.9 Å². The van der Waals surface area contributed by atoms with Gasteiger partial charge in [0, 0.05) is 5.02 Å². The third-order valence-electron chi connectivity index (χ3n) is 2.67. The maximum absolute atomic E-state index is 6.12. The van der Waals surface area contributed by atoms with E-state index in [9.17, 15) is 0 Å². The molecule has 0 saturated heterocycles. The summed E-state index contributed by atoms with van der Waals surface area (Å²) in [5.74, 6) is 3.53. The van der Waals surface area contributed by atoms with Crippen molar-refractivity contribution >= 4 is 23.4 Å². The quantitative estimate of drug-likeness (QED) is 0.882. The minimum Gasteiger partial charge on any atom is -0.337 e. The number of aromatic nitrogens is 2. The molecule has 108 valence electrons. The highest BCUT2D eigenvalue weighted by molar-refractivity contribution is 7.98. The lowest BCUT2D eigenvalue weighted by molar-refractivity contribution is 0.363. The van der Waals surface area contributed by atoms with E-state index in [2.05, 4.69) is 24.0 Å². The van der Waals surface area contributed by atoms with Gasteiger partial charge in [0.25, 0.3) is 0 Å². The number of rotatable bonds is 6. The fourth-order valence-electron chi connectivity index (χ4n) is 1.70. The average molecular weight is 312 g/mol. The summed E-state index contributed by atoms with van der Waals surface area (Å²) >= 11 is 7.91. The number of nitrogens with two attached hydrogens (primary N) is 1. The third-order valence-corrected chi connectivity index (χ3v) is 4.38. The Labute approximate surface area is 128 Å². The molecule has 20 heavy (non-hydrogen) atoms. The van der Waals surface area contributed by atoms with Crippen molar-refractivity contribution in [1.29, 1.82) is 0 Å². The summed E-state index contributed by atoms with van der Waals surface area (Å²) in [4.78, 5) is 4.34. The molecule has 0 aliphatic carbocycles. The molecule has 0 amide bonds. The van der Waals surface area contributed by atoms with Crippen molar-refractivity contribution in [2.24, 2.45) is 11.7 Å². The highest BCUT2D eigenvalue weighted by Crippen LogP contribution is 2.25. The van der Waals surface area contributed by atoms with Gasteiger partial charge >= 0.3 is 0 Å². The third kappa shape index (κ3) is 3.98. The smallest absolute Gasteiger partial charge is 0.248 e. The largest absolute Gasteiger partial charge is 0.337 e. The molecule has 1 aromatic carbocycles. The van der Waals surface area contributed by atoms with Crippen LogP contribution in [0.25, 0.3) is 0 Å². The van der Waals surface area contributed by atoms with Crippen molar-refractivity contribution < 1.29 is 4.52 Å². The molecular weight excluding hydrogens is 294 g/mol. The van der Waals surface area contributed by atoms with Gasteiger partial charge in [-0.05, 0) is 23.3 Å². The Kier molecular flexibility index (Phi) is 5.46. The molecule has 0 aliphatic rings. The number of hydrogen-bond acceptors (Lipinski definition) is 5. The number of halogens is 1. The van der Waals surface area contributed by atoms with Crippen molar-refractivity contribution in [2.45, 2.75) is 25.6 Å². The summed E-state index contributed by atoms with van der Waals surface area (Å²) in [5, 5.41) is 4.56. The zero-order valence-electron chi connectivity index (χ0n) is 11.5. The van der Waals surface area contributed by atoms with Gasteiger partial charge in [-0.25, -0.2) is 0 Å². The number of nitrogens with zero attached hydrogens (tertiary/aromatic N) is 2. The van der Waals surface area contributed by atoms with E-state index < -0.39 is 6.04 Å². The Morgan fingerprint density at radius 2 is 2.10 bits per heavy atom. The van der Waals surface area contributed by atoms with Crippen LogP contribution >= 0.6 is 23.4 Å². The van der Waals surface area contributed by atoms with Gasteiger partial charge < -0.3 is 10.3 Å². The van der Waals surface area contributed by atoms with E-state index in [0.29, 0.717) is 22.7 Å². The molecule has 0 bridgehead atoms. The molecule has 2 N–H and O–H groups in total. The summed E-state index contributed by atoms with van der Waals surface area (Å²) in [6.07, 6.45) is 0. The van der Waals surface area contributed by atoms with E-state index in [1.54, 1.807) is 17.8 Å². The molecule has 0 unspecified atom stereocenters. The van der Waals surface area contributed by atoms with Crippen LogP contribution in [0.15, 0.2) is 28.8 Å². The predicted molar refractivity (Wildman–Crippen MR) is 82.8 cm³/mol. The maximum atomic E-state index is 6.12. The first kappa shape index (κ1) is 15.4. The van der Waals surface area contributed by atoms with Crippen LogP contribution in [0.1, 0.15) is 37.2 Å². The summed E-state index contributed by atoms with van der Waals surface area (Å²) in [5.41, 5.74) is 6.91. The number of thioether (sulfide) groups is 1. The molecule has 4 nitrogen and oxygen atoms in total. The Morgan fingerprint density at radius 3 is 2.80 bits per heavy atom. The first-order valence-corrected chi connectivity index (χ1v) is 8.01. The zero-order valence-corrected chi connectivity index (χ0v) is 13.1. The van der Waals surface area contributed by atoms with Gasteiger partial charge in [0.1, 0.15) is 6.04 Å². The van der Waals surface area contributed by atoms with E-state index in [0.717, 1.165) is 17.1 Å². The molecule has 1 heterocycles. The summed E-state index contributed by atoms with van der Waals surface area (Å²) in [6.45, 7) is 4.37. The number of hydrogen-bond donors (Lipinski definition) is 1. The fourth-order valence-corrected chi connectivity index (χ4v) is 2.84. The van der Waals surface area contributed by atoms with E-state index in [4.69, 9.17) is 21.9 Å². The Morgan fingerprint density at radius 1 is 1.35 bits per heavy atom. The lowest BCUT2D eigenvalue weighted by Gasteiger charge is -2.08. The van der Waals surface area contributed by atoms with Gasteiger partial charge in [-0.3, -0.25) is 0 Å². The van der Waals surface area contributed by atoms with E-state index in [-0.39, 0.29) is 0 Å². The Bertz CT molecular complexity index is 559. The maximum Gasteiger partial charge on any atom is 0.248 e. The van der Waals surface area contributed by atoms with Crippen LogP contribution in [0.4, 0.5) is 0 Å². The lowest BCUT2D eigenvalue weighted by atomic mass is 10.1. The SMILES string of the molecule is CC(C)CSCc1noc([C@H](N)c2ccccc2Cl)n1. The monoisotopic (exact) mass is 311 g/mol. The van der Waals surface area contributed by atoms with Gasteiger partial charge in [-0.2, -0.15) is 16.7 Å². The molecule has 1 atom stereocenters. The Balaban J connectivity index is 2.03. The summed E-state index contributed by atoms with van der Waals surface area (Å²) < 4.78 is 5.24. The minimum absolute atomic E-state index is 0.401. The molecule has 2 aromatic rings. The van der Waals surface area contributed by atoms with E-state index >= 15 is 0 Å². The first-order valence-electron chi connectivity index (χ1n) is 6.48. The van der Waals surface area contributed by atoms with E-state index in [1.807, 2.05) is 18.2 Å². The first-order chi connectivity index (χ1) is 9.58. The zero-order chi connectivity index (χ0) is 14.5. The van der Waals surface area contributed by atoms with Crippen LogP contribution in [0.3, 0.4) is 0 Å². The van der Waals surface area contributed by atoms with Crippen LogP contribution in [0.5, 0.6) is 0 Å². The molecule has 2 rings (SSSR count). The molecule has 1 aromatic heterocycles. The second kappa shape index (κ2) is 7.11. The minimum atomic E-state index is -0.486. The molecular formula is C14H18ClN3OS. The fraction of sp³-hybridized carbons (Fsp3) is 0.429. The molecule has 0 saturated carbocycles. The average Bonchev–Trinajstić information content (AvgIpc) is 2.87. The molecule has 0 fully saturated rings. The van der Waals surface area contributed by atoms with Crippen molar-refractivity contribution in [3.63, 3.8) is 0 Å². The number of benzene rings is 1.